The Hall–Kier alpha value is -2.01. The molecule has 3 aromatic rings. The Morgan fingerprint density at radius 3 is 2.90 bits per heavy atom. The highest BCUT2D eigenvalue weighted by molar-refractivity contribution is 9.10. The fourth-order valence-electron chi connectivity index (χ4n) is 2.22. The Morgan fingerprint density at radius 2 is 2.19 bits per heavy atom. The molecule has 1 aromatic carbocycles. The molecule has 0 aliphatic rings. The molecule has 0 saturated heterocycles. The highest BCUT2D eigenvalue weighted by Gasteiger charge is 2.09. The van der Waals surface area contributed by atoms with Crippen LogP contribution in [0.15, 0.2) is 63.9 Å². The van der Waals surface area contributed by atoms with Gasteiger partial charge >= 0.3 is 0 Å². The number of nitrogens with zero attached hydrogens (tertiary/aromatic N) is 2. The third kappa shape index (κ3) is 3.55. The number of benzene rings is 1. The predicted octanol–water partition coefficient (Wildman–Crippen LogP) is 4.46. The second-order valence-corrected chi connectivity index (χ2v) is 5.69. The minimum Gasteiger partial charge on any atom is -0.452 e. The van der Waals surface area contributed by atoms with E-state index in [0.29, 0.717) is 0 Å². The fourth-order valence-corrected chi connectivity index (χ4v) is 2.54. The number of hydrogen-bond donors (Lipinski definition) is 1. The van der Waals surface area contributed by atoms with E-state index in [-0.39, 0.29) is 6.04 Å². The summed E-state index contributed by atoms with van der Waals surface area (Å²) in [7, 11) is 0. The summed E-state index contributed by atoms with van der Waals surface area (Å²) in [5.41, 5.74) is 2.27. The zero-order valence-corrected chi connectivity index (χ0v) is 13.2. The van der Waals surface area contributed by atoms with Crippen molar-refractivity contribution in [1.82, 2.24) is 9.78 Å². The molecular formula is C16H16BrN3O. The second kappa shape index (κ2) is 6.18. The lowest BCUT2D eigenvalue weighted by atomic mass is 10.1. The standard InChI is InChI=1S/C16H16BrN3O/c1-12(15-6-7-16(17)21-15)19-14-5-2-4-13(10-14)11-20-9-3-8-18-20/h2-10,12,19H,11H2,1H3. The third-order valence-electron chi connectivity index (χ3n) is 3.23. The van der Waals surface area contributed by atoms with E-state index in [2.05, 4.69) is 51.5 Å². The molecule has 0 bridgehead atoms. The molecule has 0 fully saturated rings. The molecule has 1 unspecified atom stereocenters. The van der Waals surface area contributed by atoms with E-state index in [1.54, 1.807) is 6.20 Å². The van der Waals surface area contributed by atoms with Crippen LogP contribution >= 0.6 is 15.9 Å². The van der Waals surface area contributed by atoms with Gasteiger partial charge in [-0.1, -0.05) is 12.1 Å². The minimum absolute atomic E-state index is 0.108. The summed E-state index contributed by atoms with van der Waals surface area (Å²) in [4.78, 5) is 0. The van der Waals surface area contributed by atoms with Gasteiger partial charge in [0.05, 0.1) is 12.6 Å². The quantitative estimate of drug-likeness (QED) is 0.742. The first kappa shape index (κ1) is 13.9. The summed E-state index contributed by atoms with van der Waals surface area (Å²) >= 11 is 3.33. The van der Waals surface area contributed by atoms with E-state index in [1.165, 1.54) is 5.56 Å². The van der Waals surface area contributed by atoms with E-state index >= 15 is 0 Å². The van der Waals surface area contributed by atoms with Gasteiger partial charge in [0.25, 0.3) is 0 Å². The van der Waals surface area contributed by atoms with E-state index < -0.39 is 0 Å². The third-order valence-corrected chi connectivity index (χ3v) is 3.66. The zero-order valence-electron chi connectivity index (χ0n) is 11.7. The van der Waals surface area contributed by atoms with E-state index in [0.717, 1.165) is 22.7 Å². The fraction of sp³-hybridized carbons (Fsp3) is 0.188. The van der Waals surface area contributed by atoms with Crippen molar-refractivity contribution in [3.8, 4) is 0 Å². The normalized spacial score (nSPS) is 12.3. The number of rotatable bonds is 5. The predicted molar refractivity (Wildman–Crippen MR) is 86.2 cm³/mol. The van der Waals surface area contributed by atoms with Crippen molar-refractivity contribution in [2.24, 2.45) is 0 Å². The van der Waals surface area contributed by atoms with Crippen molar-refractivity contribution >= 4 is 21.6 Å². The van der Waals surface area contributed by atoms with Crippen molar-refractivity contribution in [2.75, 3.05) is 5.32 Å². The van der Waals surface area contributed by atoms with Crippen LogP contribution in [0.4, 0.5) is 5.69 Å². The lowest BCUT2D eigenvalue weighted by Crippen LogP contribution is -2.06. The van der Waals surface area contributed by atoms with Crippen LogP contribution in [0.1, 0.15) is 24.3 Å². The second-order valence-electron chi connectivity index (χ2n) is 4.91. The minimum atomic E-state index is 0.108. The summed E-state index contributed by atoms with van der Waals surface area (Å²) < 4.78 is 8.23. The van der Waals surface area contributed by atoms with Crippen molar-refractivity contribution in [2.45, 2.75) is 19.5 Å². The number of nitrogens with one attached hydrogen (secondary N) is 1. The Bertz CT molecular complexity index is 706. The van der Waals surface area contributed by atoms with Gasteiger partial charge in [0, 0.05) is 18.1 Å². The average molecular weight is 346 g/mol. The summed E-state index contributed by atoms with van der Waals surface area (Å²) in [6.07, 6.45) is 3.75. The first-order valence-electron chi connectivity index (χ1n) is 6.79. The maximum Gasteiger partial charge on any atom is 0.169 e. The summed E-state index contributed by atoms with van der Waals surface area (Å²) in [5.74, 6) is 0.902. The Labute approximate surface area is 131 Å². The molecule has 3 rings (SSSR count). The van der Waals surface area contributed by atoms with Crippen molar-refractivity contribution in [1.29, 1.82) is 0 Å². The monoisotopic (exact) mass is 345 g/mol. The maximum atomic E-state index is 5.57. The molecule has 0 amide bonds. The number of aromatic nitrogens is 2. The molecule has 0 saturated carbocycles. The summed E-state index contributed by atoms with van der Waals surface area (Å²) in [5, 5.41) is 7.68. The van der Waals surface area contributed by atoms with Crippen LogP contribution in [0.2, 0.25) is 0 Å². The van der Waals surface area contributed by atoms with Gasteiger partial charge in [-0.25, -0.2) is 0 Å². The first-order chi connectivity index (χ1) is 10.2. The molecule has 0 aliphatic heterocycles. The molecular weight excluding hydrogens is 330 g/mol. The molecule has 1 N–H and O–H groups in total. The van der Waals surface area contributed by atoms with E-state index in [1.807, 2.05) is 35.1 Å². The number of furan rings is 1. The van der Waals surface area contributed by atoms with Crippen molar-refractivity contribution in [3.63, 3.8) is 0 Å². The van der Waals surface area contributed by atoms with Crippen LogP contribution in [0.5, 0.6) is 0 Å². The smallest absolute Gasteiger partial charge is 0.169 e. The molecule has 0 radical (unpaired) electrons. The van der Waals surface area contributed by atoms with Gasteiger partial charge in [-0.3, -0.25) is 4.68 Å². The highest BCUT2D eigenvalue weighted by atomic mass is 79.9. The van der Waals surface area contributed by atoms with Crippen LogP contribution in [-0.4, -0.2) is 9.78 Å². The summed E-state index contributed by atoms with van der Waals surface area (Å²) in [6, 6.07) is 14.2. The SMILES string of the molecule is CC(Nc1cccc(Cn2cccn2)c1)c1ccc(Br)o1. The van der Waals surface area contributed by atoms with Crippen molar-refractivity contribution in [3.05, 3.63) is 70.9 Å². The van der Waals surface area contributed by atoms with Gasteiger partial charge in [-0.05, 0) is 58.7 Å². The molecule has 0 spiro atoms. The van der Waals surface area contributed by atoms with Crippen LogP contribution in [0.25, 0.3) is 0 Å². The topological polar surface area (TPSA) is 43.0 Å². The molecule has 5 heteroatoms. The van der Waals surface area contributed by atoms with Crippen LogP contribution in [0.3, 0.4) is 0 Å². The van der Waals surface area contributed by atoms with Gasteiger partial charge < -0.3 is 9.73 Å². The molecule has 2 heterocycles. The highest BCUT2D eigenvalue weighted by Crippen LogP contribution is 2.24. The lowest BCUT2D eigenvalue weighted by molar-refractivity contribution is 0.471. The van der Waals surface area contributed by atoms with Gasteiger partial charge in [0.15, 0.2) is 4.67 Å². The van der Waals surface area contributed by atoms with E-state index in [4.69, 9.17) is 4.42 Å². The van der Waals surface area contributed by atoms with Gasteiger partial charge in [-0.15, -0.1) is 0 Å². The number of anilines is 1. The van der Waals surface area contributed by atoms with Crippen LogP contribution in [0, 0.1) is 0 Å². The maximum absolute atomic E-state index is 5.57. The Kier molecular flexibility index (Phi) is 4.10. The van der Waals surface area contributed by atoms with Gasteiger partial charge in [0.2, 0.25) is 0 Å². The molecule has 1 atom stereocenters. The van der Waals surface area contributed by atoms with Gasteiger partial charge in [0.1, 0.15) is 5.76 Å². The molecule has 4 nitrogen and oxygen atoms in total. The van der Waals surface area contributed by atoms with Crippen LogP contribution < -0.4 is 5.32 Å². The molecule has 2 aromatic heterocycles. The lowest BCUT2D eigenvalue weighted by Gasteiger charge is -2.14. The van der Waals surface area contributed by atoms with E-state index in [9.17, 15) is 0 Å². The number of halogens is 1. The summed E-state index contributed by atoms with van der Waals surface area (Å²) in [6.45, 7) is 2.84. The average Bonchev–Trinajstić information content (AvgIpc) is 3.11. The Morgan fingerprint density at radius 1 is 1.29 bits per heavy atom. The first-order valence-corrected chi connectivity index (χ1v) is 7.58. The van der Waals surface area contributed by atoms with Crippen molar-refractivity contribution < 1.29 is 4.42 Å². The molecule has 108 valence electrons. The Balaban J connectivity index is 1.71. The van der Waals surface area contributed by atoms with Crippen LogP contribution in [-0.2, 0) is 6.54 Å². The molecule has 21 heavy (non-hydrogen) atoms. The van der Waals surface area contributed by atoms with Gasteiger partial charge in [-0.2, -0.15) is 5.10 Å². The zero-order chi connectivity index (χ0) is 14.7. The largest absolute Gasteiger partial charge is 0.452 e. The number of hydrogen-bond acceptors (Lipinski definition) is 3. The molecule has 0 aliphatic carbocycles.